The predicted molar refractivity (Wildman–Crippen MR) is 45.9 cm³/mol. The third-order valence-electron chi connectivity index (χ3n) is 2.73. The third-order valence-corrected chi connectivity index (χ3v) is 2.73. The summed E-state index contributed by atoms with van der Waals surface area (Å²) in [4.78, 5) is 0. The largest absolute Gasteiger partial charge is 0.316 e. The molecule has 1 heterocycles. The maximum Gasteiger partial charge on any atom is 0.254 e. The van der Waals surface area contributed by atoms with Crippen molar-refractivity contribution in [3.05, 3.63) is 0 Å². The van der Waals surface area contributed by atoms with Gasteiger partial charge in [-0.1, -0.05) is 0 Å². The minimum Gasteiger partial charge on any atom is -0.316 e. The molecule has 12 heavy (non-hydrogen) atoms. The fraction of sp³-hybridized carbons (Fsp3) is 1.00. The highest BCUT2D eigenvalue weighted by atomic mass is 35.5. The SMILES string of the molecule is Cl.FC(F)(C1CC1)C1CCNC1. The zero-order valence-corrected chi connectivity index (χ0v) is 7.67. The van der Waals surface area contributed by atoms with Gasteiger partial charge in [0.1, 0.15) is 0 Å². The van der Waals surface area contributed by atoms with Gasteiger partial charge in [0.15, 0.2) is 0 Å². The second-order valence-electron chi connectivity index (χ2n) is 3.64. The van der Waals surface area contributed by atoms with E-state index in [-0.39, 0.29) is 24.2 Å². The first-order chi connectivity index (χ1) is 5.21. The second-order valence-corrected chi connectivity index (χ2v) is 3.64. The Morgan fingerprint density at radius 3 is 2.17 bits per heavy atom. The molecule has 1 aliphatic carbocycles. The first kappa shape index (κ1) is 10.2. The lowest BCUT2D eigenvalue weighted by Crippen LogP contribution is -2.32. The number of alkyl halides is 2. The molecule has 0 aromatic carbocycles. The van der Waals surface area contributed by atoms with Crippen LogP contribution in [0, 0.1) is 11.8 Å². The third kappa shape index (κ3) is 1.72. The molecule has 0 aromatic rings. The molecule has 1 saturated heterocycles. The molecule has 0 radical (unpaired) electrons. The van der Waals surface area contributed by atoms with Crippen molar-refractivity contribution < 1.29 is 8.78 Å². The van der Waals surface area contributed by atoms with E-state index < -0.39 is 5.92 Å². The van der Waals surface area contributed by atoms with Gasteiger partial charge in [-0.2, -0.15) is 0 Å². The highest BCUT2D eigenvalue weighted by Gasteiger charge is 2.52. The summed E-state index contributed by atoms with van der Waals surface area (Å²) in [6.45, 7) is 1.29. The molecule has 0 bridgehead atoms. The standard InChI is InChI=1S/C8H13F2N.ClH/c9-8(10,6-1-2-6)7-3-4-11-5-7;/h6-7,11H,1-5H2;1H. The number of halogens is 3. The highest BCUT2D eigenvalue weighted by molar-refractivity contribution is 5.85. The van der Waals surface area contributed by atoms with E-state index in [1.165, 1.54) is 0 Å². The summed E-state index contributed by atoms with van der Waals surface area (Å²) >= 11 is 0. The molecule has 1 unspecified atom stereocenters. The van der Waals surface area contributed by atoms with Crippen LogP contribution < -0.4 is 5.32 Å². The van der Waals surface area contributed by atoms with Gasteiger partial charge >= 0.3 is 0 Å². The molecule has 0 spiro atoms. The maximum absolute atomic E-state index is 13.3. The van der Waals surface area contributed by atoms with Crippen molar-refractivity contribution in [3.8, 4) is 0 Å². The van der Waals surface area contributed by atoms with Crippen LogP contribution in [0.1, 0.15) is 19.3 Å². The summed E-state index contributed by atoms with van der Waals surface area (Å²) in [5.41, 5.74) is 0. The Labute approximate surface area is 77.3 Å². The first-order valence-electron chi connectivity index (χ1n) is 4.30. The molecule has 4 heteroatoms. The van der Waals surface area contributed by atoms with Crippen molar-refractivity contribution in [2.45, 2.75) is 25.2 Å². The Bertz CT molecular complexity index is 153. The Balaban J connectivity index is 0.000000720. The first-order valence-corrected chi connectivity index (χ1v) is 4.30. The monoisotopic (exact) mass is 197 g/mol. The van der Waals surface area contributed by atoms with E-state index in [0.29, 0.717) is 13.0 Å². The van der Waals surface area contributed by atoms with Crippen LogP contribution in [0.15, 0.2) is 0 Å². The molecule has 1 atom stereocenters. The van der Waals surface area contributed by atoms with E-state index in [9.17, 15) is 8.78 Å². The van der Waals surface area contributed by atoms with E-state index in [1.54, 1.807) is 0 Å². The molecule has 2 rings (SSSR count). The smallest absolute Gasteiger partial charge is 0.254 e. The van der Waals surface area contributed by atoms with Gasteiger partial charge in [0.25, 0.3) is 5.92 Å². The molecule has 1 saturated carbocycles. The summed E-state index contributed by atoms with van der Waals surface area (Å²) < 4.78 is 26.5. The Kier molecular flexibility index (Phi) is 2.94. The predicted octanol–water partition coefficient (Wildman–Crippen LogP) is 2.06. The van der Waals surface area contributed by atoms with Crippen LogP contribution >= 0.6 is 12.4 Å². The lowest BCUT2D eigenvalue weighted by Gasteiger charge is -2.21. The van der Waals surface area contributed by atoms with Crippen molar-refractivity contribution in [3.63, 3.8) is 0 Å². The van der Waals surface area contributed by atoms with Crippen molar-refractivity contribution >= 4 is 12.4 Å². The van der Waals surface area contributed by atoms with Crippen LogP contribution in [0.2, 0.25) is 0 Å². The topological polar surface area (TPSA) is 12.0 Å². The van der Waals surface area contributed by atoms with Crippen molar-refractivity contribution in [1.82, 2.24) is 5.32 Å². The zero-order chi connectivity index (χ0) is 7.90. The van der Waals surface area contributed by atoms with Crippen LogP contribution in [-0.4, -0.2) is 19.0 Å². The maximum atomic E-state index is 13.3. The van der Waals surface area contributed by atoms with Crippen molar-refractivity contribution in [2.24, 2.45) is 11.8 Å². The van der Waals surface area contributed by atoms with Crippen molar-refractivity contribution in [2.75, 3.05) is 13.1 Å². The van der Waals surface area contributed by atoms with Gasteiger partial charge in [-0.05, 0) is 25.8 Å². The van der Waals surface area contributed by atoms with Gasteiger partial charge in [-0.3, -0.25) is 0 Å². The molecule has 2 aliphatic rings. The summed E-state index contributed by atoms with van der Waals surface area (Å²) in [6.07, 6.45) is 2.14. The van der Waals surface area contributed by atoms with Gasteiger partial charge in [0.2, 0.25) is 0 Å². The molecule has 1 N–H and O–H groups in total. The summed E-state index contributed by atoms with van der Waals surface area (Å²) in [5.74, 6) is -3.04. The molecule has 0 amide bonds. The fourth-order valence-corrected chi connectivity index (χ4v) is 1.78. The van der Waals surface area contributed by atoms with Crippen LogP contribution in [0.25, 0.3) is 0 Å². The second kappa shape index (κ2) is 3.46. The number of hydrogen-bond donors (Lipinski definition) is 1. The van der Waals surface area contributed by atoms with E-state index in [4.69, 9.17) is 0 Å². The molecular formula is C8H14ClF2N. The number of rotatable bonds is 2. The van der Waals surface area contributed by atoms with Crippen molar-refractivity contribution in [1.29, 1.82) is 0 Å². The van der Waals surface area contributed by atoms with Crippen LogP contribution in [-0.2, 0) is 0 Å². The normalized spacial score (nSPS) is 30.0. The lowest BCUT2D eigenvalue weighted by molar-refractivity contribution is -0.0714. The lowest BCUT2D eigenvalue weighted by atomic mass is 9.97. The van der Waals surface area contributed by atoms with E-state index in [1.807, 2.05) is 0 Å². The molecule has 2 fully saturated rings. The van der Waals surface area contributed by atoms with Gasteiger partial charge in [0.05, 0.1) is 0 Å². The van der Waals surface area contributed by atoms with E-state index >= 15 is 0 Å². The molecule has 0 aromatic heterocycles. The minimum atomic E-state index is -2.37. The van der Waals surface area contributed by atoms with Crippen LogP contribution in [0.4, 0.5) is 8.78 Å². The Morgan fingerprint density at radius 1 is 1.08 bits per heavy atom. The van der Waals surface area contributed by atoms with Gasteiger partial charge in [-0.15, -0.1) is 12.4 Å². The Hall–Kier alpha value is 0.110. The number of nitrogens with one attached hydrogen (secondary N) is 1. The fourth-order valence-electron chi connectivity index (χ4n) is 1.78. The molecule has 1 nitrogen and oxygen atoms in total. The van der Waals surface area contributed by atoms with E-state index in [0.717, 1.165) is 19.4 Å². The van der Waals surface area contributed by atoms with E-state index in [2.05, 4.69) is 5.32 Å². The average Bonchev–Trinajstić information content (AvgIpc) is 2.66. The number of hydrogen-bond acceptors (Lipinski definition) is 1. The van der Waals surface area contributed by atoms with Crippen LogP contribution in [0.3, 0.4) is 0 Å². The summed E-state index contributed by atoms with van der Waals surface area (Å²) in [5, 5.41) is 2.98. The minimum absolute atomic E-state index is 0. The van der Waals surface area contributed by atoms with Gasteiger partial charge in [-0.25, -0.2) is 8.78 Å². The summed E-state index contributed by atoms with van der Waals surface area (Å²) in [7, 11) is 0. The average molecular weight is 198 g/mol. The molecule has 72 valence electrons. The highest BCUT2D eigenvalue weighted by Crippen LogP contribution is 2.48. The molecular weight excluding hydrogens is 184 g/mol. The zero-order valence-electron chi connectivity index (χ0n) is 6.85. The quantitative estimate of drug-likeness (QED) is 0.715. The van der Waals surface area contributed by atoms with Gasteiger partial charge < -0.3 is 5.32 Å². The summed E-state index contributed by atoms with van der Waals surface area (Å²) in [6, 6.07) is 0. The molecule has 1 aliphatic heterocycles. The van der Waals surface area contributed by atoms with Crippen LogP contribution in [0.5, 0.6) is 0 Å². The van der Waals surface area contributed by atoms with Gasteiger partial charge in [0, 0.05) is 18.4 Å². The Morgan fingerprint density at radius 2 is 1.75 bits per heavy atom.